The second kappa shape index (κ2) is 3.79. The van der Waals surface area contributed by atoms with Crippen molar-refractivity contribution in [1.29, 1.82) is 0 Å². The summed E-state index contributed by atoms with van der Waals surface area (Å²) < 4.78 is 14.0. The summed E-state index contributed by atoms with van der Waals surface area (Å²) in [6, 6.07) is 0. The zero-order valence-electron chi connectivity index (χ0n) is 5.88. The molecule has 0 unspecified atom stereocenters. The molecule has 9 heavy (non-hydrogen) atoms. The lowest BCUT2D eigenvalue weighted by Crippen LogP contribution is -2.44. The summed E-state index contributed by atoms with van der Waals surface area (Å²) in [4.78, 5) is 0. The number of rotatable bonds is 4. The third-order valence-electron chi connectivity index (χ3n) is 0.920. The minimum absolute atomic E-state index is 1.21. The molecule has 0 bridgehead atoms. The fraction of sp³-hybridized carbons (Fsp3) is 0.800. The summed E-state index contributed by atoms with van der Waals surface area (Å²) in [5.74, 6) is -1.21. The first-order valence-electron chi connectivity index (χ1n) is 2.45. The van der Waals surface area contributed by atoms with Crippen LogP contribution in [0.4, 0.5) is 0 Å². The van der Waals surface area contributed by atoms with Gasteiger partial charge in [-0.2, -0.15) is 0 Å². The molecule has 0 atom stereocenters. The van der Waals surface area contributed by atoms with E-state index in [4.69, 9.17) is 15.2 Å². The van der Waals surface area contributed by atoms with Crippen LogP contribution in [-0.2, 0) is 14.2 Å². The fourth-order valence-corrected chi connectivity index (χ4v) is 0.344. The van der Waals surface area contributed by atoms with Crippen molar-refractivity contribution >= 4 is 0 Å². The van der Waals surface area contributed by atoms with Gasteiger partial charge < -0.3 is 14.2 Å². The standard InChI is InChI=1S/C5H12NO3/c1-7-4-5(6,8-2)9-3/h4H,6H2,1-3H3. The third-order valence-corrected chi connectivity index (χ3v) is 0.920. The van der Waals surface area contributed by atoms with Gasteiger partial charge in [-0.05, 0) is 0 Å². The quantitative estimate of drug-likeness (QED) is 0.536. The number of hydrogen-bond acceptors (Lipinski definition) is 4. The van der Waals surface area contributed by atoms with E-state index < -0.39 is 5.91 Å². The van der Waals surface area contributed by atoms with Crippen LogP contribution >= 0.6 is 0 Å². The second-order valence-corrected chi connectivity index (χ2v) is 1.48. The molecule has 4 heteroatoms. The molecule has 0 spiro atoms. The Bertz CT molecular complexity index is 72.6. The van der Waals surface area contributed by atoms with E-state index in [0.29, 0.717) is 0 Å². The zero-order chi connectivity index (χ0) is 7.33. The maximum atomic E-state index is 5.38. The largest absolute Gasteiger partial charge is 0.371 e. The molecule has 4 nitrogen and oxygen atoms in total. The van der Waals surface area contributed by atoms with Crippen molar-refractivity contribution in [2.45, 2.75) is 5.91 Å². The minimum atomic E-state index is -1.21. The molecular formula is C5H12NO3. The van der Waals surface area contributed by atoms with Crippen LogP contribution < -0.4 is 5.73 Å². The highest BCUT2D eigenvalue weighted by molar-refractivity contribution is 4.69. The first-order chi connectivity index (χ1) is 4.18. The molecule has 0 aliphatic rings. The van der Waals surface area contributed by atoms with Crippen LogP contribution in [-0.4, -0.2) is 27.2 Å². The highest BCUT2D eigenvalue weighted by Gasteiger charge is 2.23. The maximum Gasteiger partial charge on any atom is 0.254 e. The van der Waals surface area contributed by atoms with Crippen LogP contribution in [0.3, 0.4) is 0 Å². The van der Waals surface area contributed by atoms with Gasteiger partial charge in [0.05, 0.1) is 0 Å². The smallest absolute Gasteiger partial charge is 0.254 e. The van der Waals surface area contributed by atoms with E-state index >= 15 is 0 Å². The van der Waals surface area contributed by atoms with Gasteiger partial charge in [-0.3, -0.25) is 5.73 Å². The highest BCUT2D eigenvalue weighted by atomic mass is 16.7. The normalized spacial score (nSPS) is 12.0. The Morgan fingerprint density at radius 3 is 1.78 bits per heavy atom. The number of hydrogen-bond donors (Lipinski definition) is 1. The van der Waals surface area contributed by atoms with Gasteiger partial charge in [0.1, 0.15) is 0 Å². The molecule has 0 saturated heterocycles. The highest BCUT2D eigenvalue weighted by Crippen LogP contribution is 2.05. The van der Waals surface area contributed by atoms with Crippen molar-refractivity contribution in [2.24, 2.45) is 5.73 Å². The average Bonchev–Trinajstić information content (AvgIpc) is 1.89. The SMILES string of the molecule is CO[CH]C(N)(OC)OC. The lowest BCUT2D eigenvalue weighted by Gasteiger charge is -2.23. The molecule has 0 aliphatic heterocycles. The van der Waals surface area contributed by atoms with Crippen molar-refractivity contribution in [3.05, 3.63) is 6.61 Å². The van der Waals surface area contributed by atoms with Crippen molar-refractivity contribution < 1.29 is 14.2 Å². The Labute approximate surface area is 54.9 Å². The first-order valence-corrected chi connectivity index (χ1v) is 2.45. The minimum Gasteiger partial charge on any atom is -0.371 e. The lowest BCUT2D eigenvalue weighted by molar-refractivity contribution is -0.201. The lowest BCUT2D eigenvalue weighted by atomic mass is 10.5. The van der Waals surface area contributed by atoms with Crippen molar-refractivity contribution in [3.8, 4) is 0 Å². The van der Waals surface area contributed by atoms with E-state index in [1.165, 1.54) is 27.9 Å². The molecule has 2 N–H and O–H groups in total. The molecule has 1 radical (unpaired) electrons. The van der Waals surface area contributed by atoms with Gasteiger partial charge in [0.25, 0.3) is 5.91 Å². The molecule has 0 fully saturated rings. The summed E-state index contributed by atoms with van der Waals surface area (Å²) in [5.41, 5.74) is 5.38. The van der Waals surface area contributed by atoms with Gasteiger partial charge in [-0.15, -0.1) is 0 Å². The molecule has 0 aromatic carbocycles. The molecule has 0 rings (SSSR count). The Morgan fingerprint density at radius 1 is 1.22 bits per heavy atom. The topological polar surface area (TPSA) is 53.7 Å². The molecule has 0 aromatic heterocycles. The molecule has 0 amide bonds. The Hall–Kier alpha value is -0.160. The molecule has 0 heterocycles. The third kappa shape index (κ3) is 2.76. The van der Waals surface area contributed by atoms with Gasteiger partial charge in [0.2, 0.25) is 0 Å². The van der Waals surface area contributed by atoms with Gasteiger partial charge in [-0.1, -0.05) is 0 Å². The van der Waals surface area contributed by atoms with Crippen molar-refractivity contribution in [1.82, 2.24) is 0 Å². The van der Waals surface area contributed by atoms with E-state index in [1.54, 1.807) is 0 Å². The van der Waals surface area contributed by atoms with E-state index in [9.17, 15) is 0 Å². The Kier molecular flexibility index (Phi) is 3.72. The van der Waals surface area contributed by atoms with Crippen LogP contribution in [0.5, 0.6) is 0 Å². The molecule has 0 aliphatic carbocycles. The van der Waals surface area contributed by atoms with Crippen LogP contribution in [0.15, 0.2) is 0 Å². The van der Waals surface area contributed by atoms with Crippen LogP contribution in [0, 0.1) is 6.61 Å². The van der Waals surface area contributed by atoms with Gasteiger partial charge in [-0.25, -0.2) is 0 Å². The van der Waals surface area contributed by atoms with Crippen molar-refractivity contribution in [2.75, 3.05) is 21.3 Å². The van der Waals surface area contributed by atoms with Gasteiger partial charge >= 0.3 is 0 Å². The Morgan fingerprint density at radius 2 is 1.67 bits per heavy atom. The monoisotopic (exact) mass is 134 g/mol. The van der Waals surface area contributed by atoms with Crippen LogP contribution in [0.2, 0.25) is 0 Å². The van der Waals surface area contributed by atoms with E-state index in [1.807, 2.05) is 0 Å². The summed E-state index contributed by atoms with van der Waals surface area (Å²) in [6.45, 7) is 1.26. The predicted molar refractivity (Wildman–Crippen MR) is 32.2 cm³/mol. The average molecular weight is 134 g/mol. The summed E-state index contributed by atoms with van der Waals surface area (Å²) in [7, 11) is 4.33. The number of methoxy groups -OCH3 is 3. The molecule has 55 valence electrons. The predicted octanol–water partition coefficient (Wildman–Crippen LogP) is -0.300. The Balaban J connectivity index is 3.62. The molecule has 0 saturated carbocycles. The number of ether oxygens (including phenoxy) is 3. The van der Waals surface area contributed by atoms with Gasteiger partial charge in [0.15, 0.2) is 6.61 Å². The fourth-order valence-electron chi connectivity index (χ4n) is 0.344. The van der Waals surface area contributed by atoms with E-state index in [2.05, 4.69) is 4.74 Å². The summed E-state index contributed by atoms with van der Waals surface area (Å²) >= 11 is 0. The van der Waals surface area contributed by atoms with Crippen molar-refractivity contribution in [3.63, 3.8) is 0 Å². The second-order valence-electron chi connectivity index (χ2n) is 1.48. The molecule has 0 aromatic rings. The summed E-state index contributed by atoms with van der Waals surface area (Å²) in [5, 5.41) is 0. The zero-order valence-corrected chi connectivity index (χ0v) is 5.88. The van der Waals surface area contributed by atoms with E-state index in [-0.39, 0.29) is 0 Å². The maximum absolute atomic E-state index is 5.38. The van der Waals surface area contributed by atoms with Crippen LogP contribution in [0.1, 0.15) is 0 Å². The van der Waals surface area contributed by atoms with Gasteiger partial charge in [0, 0.05) is 21.3 Å². The van der Waals surface area contributed by atoms with Crippen LogP contribution in [0.25, 0.3) is 0 Å². The number of nitrogens with two attached hydrogens (primary N) is 1. The summed E-state index contributed by atoms with van der Waals surface area (Å²) in [6.07, 6.45) is 0. The first kappa shape index (κ1) is 8.84. The van der Waals surface area contributed by atoms with E-state index in [0.717, 1.165) is 0 Å². The molecular weight excluding hydrogens is 122 g/mol.